The smallest absolute Gasteiger partial charge is 0.337 e. The molecule has 3 heterocycles. The zero-order valence-electron chi connectivity index (χ0n) is 16.3. The van der Waals surface area contributed by atoms with E-state index in [4.69, 9.17) is 17.0 Å². The molecule has 0 amide bonds. The van der Waals surface area contributed by atoms with Gasteiger partial charge in [0, 0.05) is 30.3 Å². The number of hydrogen-bond donors (Lipinski definition) is 1. The minimum absolute atomic E-state index is 0.0285. The topological polar surface area (TPSA) is 59.4 Å². The Morgan fingerprint density at radius 3 is 2.79 bits per heavy atom. The number of rotatable bonds is 5. The molecular formula is C22H22N4O2S. The van der Waals surface area contributed by atoms with Crippen LogP contribution in [0.2, 0.25) is 0 Å². The van der Waals surface area contributed by atoms with Crippen LogP contribution in [-0.4, -0.2) is 39.2 Å². The summed E-state index contributed by atoms with van der Waals surface area (Å²) in [6.45, 7) is 2.86. The lowest BCUT2D eigenvalue weighted by molar-refractivity contribution is 0.0600. The molecule has 4 rings (SSSR count). The molecule has 0 aliphatic carbocycles. The Bertz CT molecular complexity index is 1030. The van der Waals surface area contributed by atoms with Crippen LogP contribution in [0.5, 0.6) is 0 Å². The third kappa shape index (κ3) is 3.49. The lowest BCUT2D eigenvalue weighted by Gasteiger charge is -2.28. The number of nitrogens with zero attached hydrogens (tertiary/aromatic N) is 3. The molecule has 29 heavy (non-hydrogen) atoms. The molecule has 2 atom stereocenters. The molecule has 0 unspecified atom stereocenters. The Morgan fingerprint density at radius 1 is 1.21 bits per heavy atom. The summed E-state index contributed by atoms with van der Waals surface area (Å²) in [5.74, 6) is -0.356. The highest BCUT2D eigenvalue weighted by Crippen LogP contribution is 2.39. The van der Waals surface area contributed by atoms with Crippen LogP contribution in [0.25, 0.3) is 5.69 Å². The Labute approximate surface area is 175 Å². The maximum Gasteiger partial charge on any atom is 0.337 e. The van der Waals surface area contributed by atoms with E-state index in [1.54, 1.807) is 12.3 Å². The van der Waals surface area contributed by atoms with Gasteiger partial charge in [0.25, 0.3) is 0 Å². The van der Waals surface area contributed by atoms with Crippen LogP contribution in [0.1, 0.15) is 40.8 Å². The van der Waals surface area contributed by atoms with Crippen LogP contribution in [0.15, 0.2) is 67.0 Å². The van der Waals surface area contributed by atoms with E-state index in [1.165, 1.54) is 7.11 Å². The number of esters is 1. The molecule has 0 bridgehead atoms. The van der Waals surface area contributed by atoms with Gasteiger partial charge in [-0.2, -0.15) is 0 Å². The summed E-state index contributed by atoms with van der Waals surface area (Å²) in [6.07, 6.45) is 3.79. The van der Waals surface area contributed by atoms with Gasteiger partial charge in [-0.25, -0.2) is 4.79 Å². The summed E-state index contributed by atoms with van der Waals surface area (Å²) in [5.41, 5.74) is 3.41. The van der Waals surface area contributed by atoms with E-state index in [2.05, 4.69) is 32.8 Å². The minimum Gasteiger partial charge on any atom is -0.465 e. The molecule has 1 aliphatic rings. The quantitative estimate of drug-likeness (QED) is 0.516. The fourth-order valence-electron chi connectivity index (χ4n) is 3.84. The van der Waals surface area contributed by atoms with Gasteiger partial charge in [0.15, 0.2) is 5.11 Å². The molecule has 7 heteroatoms. The van der Waals surface area contributed by atoms with Crippen molar-refractivity contribution in [3.8, 4) is 5.69 Å². The highest BCUT2D eigenvalue weighted by atomic mass is 32.1. The van der Waals surface area contributed by atoms with Gasteiger partial charge in [-0.15, -0.1) is 0 Å². The molecule has 1 aromatic carbocycles. The number of likely N-dealkylation sites (N-methyl/N-ethyl adjacent to an activating group) is 1. The van der Waals surface area contributed by atoms with Crippen LogP contribution < -0.4 is 5.32 Å². The van der Waals surface area contributed by atoms with Gasteiger partial charge >= 0.3 is 5.97 Å². The summed E-state index contributed by atoms with van der Waals surface area (Å²) in [7, 11) is 1.39. The number of thiocarbonyl (C=S) groups is 1. The first kappa shape index (κ1) is 19.1. The Balaban J connectivity index is 1.79. The lowest BCUT2D eigenvalue weighted by atomic mass is 10.0. The monoisotopic (exact) mass is 406 g/mol. The molecule has 1 fully saturated rings. The molecule has 1 saturated heterocycles. The fraction of sp³-hybridized carbons (Fsp3) is 0.227. The van der Waals surface area contributed by atoms with Crippen molar-refractivity contribution in [2.24, 2.45) is 0 Å². The van der Waals surface area contributed by atoms with E-state index in [0.29, 0.717) is 10.7 Å². The maximum absolute atomic E-state index is 12.0. The van der Waals surface area contributed by atoms with E-state index >= 15 is 0 Å². The van der Waals surface area contributed by atoms with Crippen molar-refractivity contribution in [2.75, 3.05) is 13.7 Å². The van der Waals surface area contributed by atoms with Crippen molar-refractivity contribution in [1.29, 1.82) is 0 Å². The summed E-state index contributed by atoms with van der Waals surface area (Å²) in [6, 6.07) is 17.3. The predicted octanol–water partition coefficient (Wildman–Crippen LogP) is 3.65. The number of methoxy groups -OCH3 is 1. The Hall–Kier alpha value is -3.19. The van der Waals surface area contributed by atoms with E-state index in [9.17, 15) is 4.79 Å². The van der Waals surface area contributed by atoms with Gasteiger partial charge in [-0.05, 0) is 61.6 Å². The molecule has 2 aromatic heterocycles. The molecule has 1 aliphatic heterocycles. The summed E-state index contributed by atoms with van der Waals surface area (Å²) in [4.78, 5) is 18.7. The second-order valence-corrected chi connectivity index (χ2v) is 7.14. The van der Waals surface area contributed by atoms with Crippen molar-refractivity contribution in [3.05, 3.63) is 83.9 Å². The zero-order chi connectivity index (χ0) is 20.4. The first-order chi connectivity index (χ1) is 14.1. The van der Waals surface area contributed by atoms with Crippen LogP contribution in [0, 0.1) is 0 Å². The number of carbonyl (C=O) groups excluding carboxylic acids is 1. The van der Waals surface area contributed by atoms with Gasteiger partial charge < -0.3 is 19.5 Å². The molecule has 1 N–H and O–H groups in total. The highest BCUT2D eigenvalue weighted by molar-refractivity contribution is 7.80. The number of pyridine rings is 1. The number of ether oxygens (including phenoxy) is 1. The summed E-state index contributed by atoms with van der Waals surface area (Å²) in [5, 5.41) is 4.15. The number of benzene rings is 1. The summed E-state index contributed by atoms with van der Waals surface area (Å²) >= 11 is 5.61. The van der Waals surface area contributed by atoms with E-state index in [0.717, 1.165) is 23.6 Å². The van der Waals surface area contributed by atoms with E-state index < -0.39 is 0 Å². The second-order valence-electron chi connectivity index (χ2n) is 6.76. The average molecular weight is 407 g/mol. The summed E-state index contributed by atoms with van der Waals surface area (Å²) < 4.78 is 6.96. The number of nitrogens with one attached hydrogen (secondary N) is 1. The fourth-order valence-corrected chi connectivity index (χ4v) is 4.21. The van der Waals surface area contributed by atoms with Crippen molar-refractivity contribution < 1.29 is 9.53 Å². The second kappa shape index (κ2) is 8.05. The van der Waals surface area contributed by atoms with Crippen LogP contribution in [0.3, 0.4) is 0 Å². The molecule has 6 nitrogen and oxygen atoms in total. The maximum atomic E-state index is 12.0. The van der Waals surface area contributed by atoms with Crippen molar-refractivity contribution >= 4 is 23.3 Å². The third-order valence-electron chi connectivity index (χ3n) is 5.17. The molecule has 0 saturated carbocycles. The number of hydrogen-bond acceptors (Lipinski definition) is 4. The zero-order valence-corrected chi connectivity index (χ0v) is 17.1. The van der Waals surface area contributed by atoms with Gasteiger partial charge in [-0.1, -0.05) is 12.1 Å². The first-order valence-corrected chi connectivity index (χ1v) is 9.89. The minimum atomic E-state index is -0.356. The molecule has 0 spiro atoms. The van der Waals surface area contributed by atoms with Gasteiger partial charge in [0.2, 0.25) is 0 Å². The first-order valence-electron chi connectivity index (χ1n) is 9.48. The normalized spacial score (nSPS) is 18.6. The van der Waals surface area contributed by atoms with Crippen molar-refractivity contribution in [2.45, 2.75) is 19.0 Å². The standard InChI is InChI=1S/C22H22N4O2S/c1-3-25-20(19(24-22(25)29)17-10-4-5-12-23-17)18-11-7-13-26(18)16-9-6-8-15(14-16)21(27)28-2/h4-14,19-20H,3H2,1-2H3,(H,24,29)/t19-,20+/m0/s1. The van der Waals surface area contributed by atoms with E-state index in [1.807, 2.05) is 48.7 Å². The lowest BCUT2D eigenvalue weighted by Crippen LogP contribution is -2.30. The van der Waals surface area contributed by atoms with Gasteiger partial charge in [-0.3, -0.25) is 4.98 Å². The van der Waals surface area contributed by atoms with Gasteiger partial charge in [0.1, 0.15) is 0 Å². The molecule has 148 valence electrons. The Morgan fingerprint density at radius 2 is 2.07 bits per heavy atom. The van der Waals surface area contributed by atoms with Crippen molar-refractivity contribution in [3.63, 3.8) is 0 Å². The van der Waals surface area contributed by atoms with Crippen LogP contribution in [0.4, 0.5) is 0 Å². The van der Waals surface area contributed by atoms with Crippen molar-refractivity contribution in [1.82, 2.24) is 19.8 Å². The molecule has 0 radical (unpaired) electrons. The average Bonchev–Trinajstić information content (AvgIpc) is 3.37. The predicted molar refractivity (Wildman–Crippen MR) is 115 cm³/mol. The van der Waals surface area contributed by atoms with E-state index in [-0.39, 0.29) is 18.1 Å². The largest absolute Gasteiger partial charge is 0.465 e. The highest BCUT2D eigenvalue weighted by Gasteiger charge is 2.40. The SMILES string of the molecule is CCN1C(=S)N[C@@H](c2ccccn2)[C@H]1c1cccn1-c1cccc(C(=O)OC)c1. The number of aromatic nitrogens is 2. The van der Waals surface area contributed by atoms with Crippen LogP contribution >= 0.6 is 12.2 Å². The Kier molecular flexibility index (Phi) is 5.31. The van der Waals surface area contributed by atoms with Gasteiger partial charge in [0.05, 0.1) is 30.5 Å². The molecule has 3 aromatic rings. The third-order valence-corrected chi connectivity index (χ3v) is 5.52. The molecular weight excluding hydrogens is 384 g/mol. The number of carbonyl (C=O) groups is 1. The van der Waals surface area contributed by atoms with Crippen LogP contribution in [-0.2, 0) is 4.74 Å².